The number of imidazole rings is 1. The highest BCUT2D eigenvalue weighted by Crippen LogP contribution is 2.30. The van der Waals surface area contributed by atoms with Gasteiger partial charge in [0.25, 0.3) is 5.91 Å². The Kier molecular flexibility index (Phi) is 6.47. The van der Waals surface area contributed by atoms with Gasteiger partial charge in [-0.15, -0.1) is 0 Å². The van der Waals surface area contributed by atoms with Crippen LogP contribution in [0.25, 0.3) is 28.2 Å². The van der Waals surface area contributed by atoms with Gasteiger partial charge in [-0.25, -0.2) is 15.0 Å². The zero-order valence-electron chi connectivity index (χ0n) is 19.3. The van der Waals surface area contributed by atoms with Crippen molar-refractivity contribution in [1.82, 2.24) is 29.7 Å². The third-order valence-electron chi connectivity index (χ3n) is 5.83. The number of aryl methyl sites for hydroxylation is 1. The van der Waals surface area contributed by atoms with Gasteiger partial charge in [-0.2, -0.15) is 0 Å². The molecule has 178 valence electrons. The second kappa shape index (κ2) is 9.85. The standard InChI is InChI=1S/C25H25N7O2S/c1-16-7-9-17(10-8-16)23-28-20(22(26)34)21-24(30-23)32(18-5-3-2-4-6-18)25(29-21)35-15-19(33)31-13-11-27-12-14-31/h2-10,27H,11-15H2,1H3,(H2,26,34). The molecule has 1 fully saturated rings. The molecule has 0 saturated carbocycles. The van der Waals surface area contributed by atoms with Crippen LogP contribution in [0, 0.1) is 6.92 Å². The van der Waals surface area contributed by atoms with Gasteiger partial charge in [0.05, 0.1) is 5.75 Å². The first-order valence-corrected chi connectivity index (χ1v) is 12.3. The molecule has 10 heteroatoms. The van der Waals surface area contributed by atoms with Crippen LogP contribution in [0.5, 0.6) is 0 Å². The van der Waals surface area contributed by atoms with Gasteiger partial charge in [0.15, 0.2) is 22.3 Å². The van der Waals surface area contributed by atoms with E-state index in [1.807, 2.05) is 71.0 Å². The fourth-order valence-electron chi connectivity index (χ4n) is 3.98. The second-order valence-corrected chi connectivity index (χ2v) is 9.23. The number of primary amides is 1. The molecule has 4 aromatic rings. The van der Waals surface area contributed by atoms with Gasteiger partial charge in [-0.1, -0.05) is 59.8 Å². The first kappa shape index (κ1) is 23.0. The van der Waals surface area contributed by atoms with Crippen molar-refractivity contribution in [3.8, 4) is 17.1 Å². The number of carbonyl (C=O) groups excluding carboxylic acids is 2. The normalized spacial score (nSPS) is 13.8. The smallest absolute Gasteiger partial charge is 0.269 e. The van der Waals surface area contributed by atoms with Gasteiger partial charge in [-0.05, 0) is 19.1 Å². The van der Waals surface area contributed by atoms with Crippen molar-refractivity contribution in [2.24, 2.45) is 5.73 Å². The molecular weight excluding hydrogens is 462 g/mol. The molecule has 0 aliphatic carbocycles. The number of amides is 2. The Labute approximate surface area is 206 Å². The van der Waals surface area contributed by atoms with Crippen LogP contribution in [-0.4, -0.2) is 68.2 Å². The maximum absolute atomic E-state index is 12.8. The minimum atomic E-state index is -0.683. The first-order chi connectivity index (χ1) is 17.0. The molecule has 1 saturated heterocycles. The third-order valence-corrected chi connectivity index (χ3v) is 6.75. The Balaban J connectivity index is 1.62. The summed E-state index contributed by atoms with van der Waals surface area (Å²) in [6, 6.07) is 17.4. The fourth-order valence-corrected chi connectivity index (χ4v) is 4.89. The summed E-state index contributed by atoms with van der Waals surface area (Å²) in [5.74, 6) is -0.0289. The number of fused-ring (bicyclic) bond motifs is 1. The van der Waals surface area contributed by atoms with Gasteiger partial charge in [0, 0.05) is 37.4 Å². The molecule has 0 radical (unpaired) electrons. The molecule has 0 bridgehead atoms. The summed E-state index contributed by atoms with van der Waals surface area (Å²) in [6.07, 6.45) is 0. The van der Waals surface area contributed by atoms with Crippen LogP contribution in [0.15, 0.2) is 59.8 Å². The zero-order chi connectivity index (χ0) is 24.4. The predicted molar refractivity (Wildman–Crippen MR) is 136 cm³/mol. The van der Waals surface area contributed by atoms with Crippen LogP contribution >= 0.6 is 11.8 Å². The van der Waals surface area contributed by atoms with Crippen molar-refractivity contribution >= 4 is 34.7 Å². The summed E-state index contributed by atoms with van der Waals surface area (Å²) in [7, 11) is 0. The lowest BCUT2D eigenvalue weighted by molar-refractivity contribution is -0.128. The van der Waals surface area contributed by atoms with Crippen molar-refractivity contribution in [3.05, 3.63) is 65.9 Å². The Hall–Kier alpha value is -3.76. The molecule has 0 spiro atoms. The molecule has 2 aromatic heterocycles. The first-order valence-electron chi connectivity index (χ1n) is 11.4. The Morgan fingerprint density at radius 3 is 2.40 bits per heavy atom. The number of piperazine rings is 1. The van der Waals surface area contributed by atoms with E-state index in [0.29, 0.717) is 35.2 Å². The highest BCUT2D eigenvalue weighted by atomic mass is 32.2. The van der Waals surface area contributed by atoms with Gasteiger partial charge in [-0.3, -0.25) is 14.2 Å². The maximum Gasteiger partial charge on any atom is 0.269 e. The maximum atomic E-state index is 12.8. The lowest BCUT2D eigenvalue weighted by Crippen LogP contribution is -2.47. The van der Waals surface area contributed by atoms with E-state index in [-0.39, 0.29) is 17.4 Å². The molecule has 35 heavy (non-hydrogen) atoms. The molecule has 0 unspecified atom stereocenters. The van der Waals surface area contributed by atoms with E-state index in [4.69, 9.17) is 15.7 Å². The Bertz CT molecular complexity index is 1380. The number of benzene rings is 2. The van der Waals surface area contributed by atoms with Crippen molar-refractivity contribution in [1.29, 1.82) is 0 Å². The second-order valence-electron chi connectivity index (χ2n) is 8.28. The number of nitrogens with two attached hydrogens (primary N) is 1. The van der Waals surface area contributed by atoms with E-state index in [1.165, 1.54) is 11.8 Å². The number of carbonyl (C=O) groups is 2. The van der Waals surface area contributed by atoms with E-state index in [0.717, 1.165) is 29.9 Å². The summed E-state index contributed by atoms with van der Waals surface area (Å²) >= 11 is 1.31. The van der Waals surface area contributed by atoms with Crippen molar-refractivity contribution in [2.75, 3.05) is 31.9 Å². The third kappa shape index (κ3) is 4.75. The molecule has 3 N–H and O–H groups in total. The van der Waals surface area contributed by atoms with Crippen LogP contribution in [0.1, 0.15) is 16.1 Å². The fraction of sp³-hybridized carbons (Fsp3) is 0.240. The van der Waals surface area contributed by atoms with Crippen LogP contribution in [0.4, 0.5) is 0 Å². The molecule has 0 atom stereocenters. The van der Waals surface area contributed by atoms with Crippen molar-refractivity contribution in [3.63, 3.8) is 0 Å². The van der Waals surface area contributed by atoms with Crippen molar-refractivity contribution < 1.29 is 9.59 Å². The summed E-state index contributed by atoms with van der Waals surface area (Å²) < 4.78 is 1.86. The molecule has 1 aliphatic heterocycles. The predicted octanol–water partition coefficient (Wildman–Crippen LogP) is 2.41. The Morgan fingerprint density at radius 1 is 1.00 bits per heavy atom. The topological polar surface area (TPSA) is 119 Å². The summed E-state index contributed by atoms with van der Waals surface area (Å²) in [5.41, 5.74) is 9.23. The van der Waals surface area contributed by atoms with E-state index >= 15 is 0 Å². The van der Waals surface area contributed by atoms with Gasteiger partial charge in [0.1, 0.15) is 5.52 Å². The molecule has 9 nitrogen and oxygen atoms in total. The van der Waals surface area contributed by atoms with Gasteiger partial charge < -0.3 is 16.0 Å². The number of nitrogens with one attached hydrogen (secondary N) is 1. The molecule has 3 heterocycles. The number of hydrogen-bond acceptors (Lipinski definition) is 7. The summed E-state index contributed by atoms with van der Waals surface area (Å²) in [6.45, 7) is 4.95. The van der Waals surface area contributed by atoms with Crippen LogP contribution in [0.3, 0.4) is 0 Å². The van der Waals surface area contributed by atoms with E-state index in [1.54, 1.807) is 0 Å². The average molecular weight is 488 g/mol. The van der Waals surface area contributed by atoms with E-state index in [2.05, 4.69) is 10.3 Å². The van der Waals surface area contributed by atoms with Crippen molar-refractivity contribution in [2.45, 2.75) is 12.1 Å². The number of thioether (sulfide) groups is 1. The zero-order valence-corrected chi connectivity index (χ0v) is 20.1. The minimum absolute atomic E-state index is 0.0460. The van der Waals surface area contributed by atoms with E-state index in [9.17, 15) is 9.59 Å². The number of aromatic nitrogens is 4. The Morgan fingerprint density at radius 2 is 1.71 bits per heavy atom. The van der Waals surface area contributed by atoms with E-state index < -0.39 is 5.91 Å². The summed E-state index contributed by atoms with van der Waals surface area (Å²) in [4.78, 5) is 41.0. The van der Waals surface area contributed by atoms with Gasteiger partial charge >= 0.3 is 0 Å². The van der Waals surface area contributed by atoms with Gasteiger partial charge in [0.2, 0.25) is 5.91 Å². The molecule has 5 rings (SSSR count). The molecule has 1 aliphatic rings. The largest absolute Gasteiger partial charge is 0.364 e. The number of rotatable bonds is 6. The molecule has 2 amide bonds. The number of nitrogens with zero attached hydrogens (tertiary/aromatic N) is 5. The lowest BCUT2D eigenvalue weighted by Gasteiger charge is -2.27. The van der Waals surface area contributed by atoms with Crippen LogP contribution < -0.4 is 11.1 Å². The molecule has 2 aromatic carbocycles. The molecular formula is C25H25N7O2S. The SMILES string of the molecule is Cc1ccc(-c2nc(C(N)=O)c3nc(SCC(=O)N4CCNCC4)n(-c4ccccc4)c3n2)cc1. The van der Waals surface area contributed by atoms with Crippen LogP contribution in [0.2, 0.25) is 0 Å². The highest BCUT2D eigenvalue weighted by Gasteiger charge is 2.24. The lowest BCUT2D eigenvalue weighted by atomic mass is 10.1. The minimum Gasteiger partial charge on any atom is -0.364 e. The average Bonchev–Trinajstić information content (AvgIpc) is 3.26. The quantitative estimate of drug-likeness (QED) is 0.401. The summed E-state index contributed by atoms with van der Waals surface area (Å²) in [5, 5.41) is 3.80. The van der Waals surface area contributed by atoms with Crippen LogP contribution in [-0.2, 0) is 4.79 Å². The highest BCUT2D eigenvalue weighted by molar-refractivity contribution is 7.99. The monoisotopic (exact) mass is 487 g/mol. The number of hydrogen-bond donors (Lipinski definition) is 2. The number of para-hydroxylation sites is 1.